The average molecular weight is 236 g/mol. The Morgan fingerprint density at radius 3 is 2.19 bits per heavy atom. The third kappa shape index (κ3) is 6.04. The Morgan fingerprint density at radius 2 is 1.81 bits per heavy atom. The van der Waals surface area contributed by atoms with Gasteiger partial charge in [0.05, 0.1) is 12.1 Å². The number of nitrogens with one attached hydrogen (secondary N) is 1. The molecule has 94 valence electrons. The van der Waals surface area contributed by atoms with Gasteiger partial charge in [0.1, 0.15) is 0 Å². The smallest absolute Gasteiger partial charge is 0.436 e. The van der Waals surface area contributed by atoms with Crippen molar-refractivity contribution in [3.8, 4) is 0 Å². The van der Waals surface area contributed by atoms with E-state index in [1.807, 2.05) is 0 Å². The number of hydrogen-bond acceptors (Lipinski definition) is 5. The molecule has 16 heavy (non-hydrogen) atoms. The highest BCUT2D eigenvalue weighted by Gasteiger charge is 2.22. The number of rotatable bonds is 5. The lowest BCUT2D eigenvalue weighted by molar-refractivity contribution is -0.438. The number of nitrogens with zero attached hydrogens (tertiary/aromatic N) is 1. The number of carboxylic acid groups (broad SMARTS) is 1. The van der Waals surface area contributed by atoms with Crippen LogP contribution in [0.25, 0.3) is 0 Å². The van der Waals surface area contributed by atoms with Gasteiger partial charge in [-0.05, 0) is 27.7 Å². The van der Waals surface area contributed by atoms with Crippen LogP contribution < -0.4 is 5.48 Å². The number of carbonyl (C=O) groups is 2. The number of ether oxygens (including phenoxy) is 1. The molecule has 0 bridgehead atoms. The van der Waals surface area contributed by atoms with Crippen LogP contribution in [0.15, 0.2) is 0 Å². The molecule has 0 aromatic rings. The van der Waals surface area contributed by atoms with Crippen molar-refractivity contribution in [3.63, 3.8) is 0 Å². The van der Waals surface area contributed by atoms with E-state index in [-0.39, 0.29) is 12.1 Å². The molecule has 0 aliphatic carbocycles. The van der Waals surface area contributed by atoms with Crippen molar-refractivity contribution in [2.24, 2.45) is 0 Å². The Labute approximate surface area is 92.9 Å². The van der Waals surface area contributed by atoms with E-state index in [1.165, 1.54) is 5.48 Å². The molecule has 0 unspecified atom stereocenters. The summed E-state index contributed by atoms with van der Waals surface area (Å²) in [5, 5.41) is 8.96. The monoisotopic (exact) mass is 236 g/mol. The molecular weight excluding hydrogens is 220 g/mol. The van der Waals surface area contributed by atoms with E-state index in [9.17, 15) is 9.59 Å². The zero-order valence-electron chi connectivity index (χ0n) is 9.59. The summed E-state index contributed by atoms with van der Waals surface area (Å²) in [6.07, 6.45) is -2.53. The van der Waals surface area contributed by atoms with E-state index in [1.54, 1.807) is 27.7 Å². The molecule has 0 fully saturated rings. The quantitative estimate of drug-likeness (QED) is 0.551. The van der Waals surface area contributed by atoms with Crippen LogP contribution >= 0.6 is 0 Å². The Bertz CT molecular complexity index is 243. The van der Waals surface area contributed by atoms with E-state index >= 15 is 0 Å². The Hall–Kier alpha value is -1.54. The molecule has 2 amide bonds. The molecule has 0 radical (unpaired) electrons. The van der Waals surface area contributed by atoms with Crippen molar-refractivity contribution < 1.29 is 29.4 Å². The molecule has 0 aromatic carbocycles. The molecule has 0 rings (SSSR count). The van der Waals surface area contributed by atoms with Gasteiger partial charge in [0.15, 0.2) is 0 Å². The molecule has 0 atom stereocenters. The SMILES string of the molecule is CC(C)OC(=O)N(OONC(=O)O)C(C)C. The van der Waals surface area contributed by atoms with E-state index in [0.717, 1.165) is 5.06 Å². The minimum atomic E-state index is -1.44. The topological polar surface area (TPSA) is 97.3 Å². The molecule has 0 spiro atoms. The largest absolute Gasteiger partial charge is 0.463 e. The van der Waals surface area contributed by atoms with Gasteiger partial charge in [-0.2, -0.15) is 5.48 Å². The fourth-order valence-electron chi connectivity index (χ4n) is 0.675. The molecule has 0 aliphatic rings. The fourth-order valence-corrected chi connectivity index (χ4v) is 0.675. The fraction of sp³-hybridized carbons (Fsp3) is 0.750. The molecular formula is C8H16N2O6. The third-order valence-electron chi connectivity index (χ3n) is 1.23. The average Bonchev–Trinajstić information content (AvgIpc) is 2.09. The molecule has 8 heteroatoms. The van der Waals surface area contributed by atoms with Gasteiger partial charge in [0, 0.05) is 0 Å². The molecule has 0 aliphatic heterocycles. The van der Waals surface area contributed by atoms with Crippen molar-refractivity contribution in [2.75, 3.05) is 0 Å². The second-order valence-corrected chi connectivity index (χ2v) is 3.42. The predicted octanol–water partition coefficient (Wildman–Crippen LogP) is 1.29. The van der Waals surface area contributed by atoms with Gasteiger partial charge >= 0.3 is 12.2 Å². The van der Waals surface area contributed by atoms with Crippen LogP contribution in [-0.2, 0) is 14.7 Å². The summed E-state index contributed by atoms with van der Waals surface area (Å²) in [6.45, 7) is 6.64. The first-order chi connectivity index (χ1) is 7.34. The molecule has 0 heterocycles. The maximum absolute atomic E-state index is 11.4. The van der Waals surface area contributed by atoms with Crippen LogP contribution in [0.2, 0.25) is 0 Å². The lowest BCUT2D eigenvalue weighted by Crippen LogP contribution is -2.40. The first-order valence-electron chi connectivity index (χ1n) is 4.67. The highest BCUT2D eigenvalue weighted by Crippen LogP contribution is 2.04. The maximum Gasteiger partial charge on any atom is 0.436 e. The summed E-state index contributed by atoms with van der Waals surface area (Å²) in [5.74, 6) is 0. The molecule has 2 N–H and O–H groups in total. The lowest BCUT2D eigenvalue weighted by Gasteiger charge is -2.23. The van der Waals surface area contributed by atoms with Crippen LogP contribution in [0.1, 0.15) is 27.7 Å². The number of carbonyl (C=O) groups excluding carboxylic acids is 1. The lowest BCUT2D eigenvalue weighted by atomic mass is 10.4. The van der Waals surface area contributed by atoms with Crippen LogP contribution in [0, 0.1) is 0 Å². The third-order valence-corrected chi connectivity index (χ3v) is 1.23. The standard InChI is InChI=1S/C8H16N2O6/c1-5(2)10(8(13)14-6(3)4)16-15-9-7(11)12/h5-6,9H,1-4H3,(H,11,12). The second kappa shape index (κ2) is 6.85. The number of amides is 2. The van der Waals surface area contributed by atoms with Crippen LogP contribution in [0.5, 0.6) is 0 Å². The van der Waals surface area contributed by atoms with E-state index in [4.69, 9.17) is 9.84 Å². The second-order valence-electron chi connectivity index (χ2n) is 3.42. The van der Waals surface area contributed by atoms with Crippen LogP contribution in [0.3, 0.4) is 0 Å². The highest BCUT2D eigenvalue weighted by atomic mass is 17.3. The maximum atomic E-state index is 11.4. The van der Waals surface area contributed by atoms with Gasteiger partial charge in [-0.25, -0.2) is 9.59 Å². The van der Waals surface area contributed by atoms with Crippen molar-refractivity contribution in [1.29, 1.82) is 0 Å². The zero-order chi connectivity index (χ0) is 12.7. The molecule has 8 nitrogen and oxygen atoms in total. The van der Waals surface area contributed by atoms with Crippen molar-refractivity contribution in [3.05, 3.63) is 0 Å². The van der Waals surface area contributed by atoms with Crippen LogP contribution in [0.4, 0.5) is 9.59 Å². The summed E-state index contributed by atoms with van der Waals surface area (Å²) in [6, 6.07) is -0.373. The van der Waals surface area contributed by atoms with Gasteiger partial charge < -0.3 is 9.84 Å². The van der Waals surface area contributed by atoms with Crippen molar-refractivity contribution in [1.82, 2.24) is 10.5 Å². The normalized spacial score (nSPS) is 10.4. The molecule has 0 aromatic heterocycles. The van der Waals surface area contributed by atoms with Gasteiger partial charge in [0.2, 0.25) is 0 Å². The minimum absolute atomic E-state index is 0.315. The van der Waals surface area contributed by atoms with E-state index in [2.05, 4.69) is 9.98 Å². The van der Waals surface area contributed by atoms with Crippen molar-refractivity contribution in [2.45, 2.75) is 39.8 Å². The van der Waals surface area contributed by atoms with Gasteiger partial charge in [-0.15, -0.1) is 5.06 Å². The van der Waals surface area contributed by atoms with E-state index < -0.39 is 12.2 Å². The van der Waals surface area contributed by atoms with E-state index in [0.29, 0.717) is 0 Å². The van der Waals surface area contributed by atoms with Crippen molar-refractivity contribution >= 4 is 12.2 Å². The predicted molar refractivity (Wildman–Crippen MR) is 51.9 cm³/mol. The molecule has 0 saturated carbocycles. The first-order valence-corrected chi connectivity index (χ1v) is 4.67. The van der Waals surface area contributed by atoms with Gasteiger partial charge in [0.25, 0.3) is 0 Å². The zero-order valence-corrected chi connectivity index (χ0v) is 9.59. The summed E-state index contributed by atoms with van der Waals surface area (Å²) in [5.41, 5.74) is 1.48. The Morgan fingerprint density at radius 1 is 1.25 bits per heavy atom. The number of hydrogen-bond donors (Lipinski definition) is 2. The van der Waals surface area contributed by atoms with Crippen LogP contribution in [-0.4, -0.2) is 34.5 Å². The first kappa shape index (κ1) is 14.5. The Kier molecular flexibility index (Phi) is 6.19. The minimum Gasteiger partial charge on any atom is -0.463 e. The van der Waals surface area contributed by atoms with Gasteiger partial charge in [-0.1, -0.05) is 9.98 Å². The Balaban J connectivity index is 4.16. The summed E-state index contributed by atoms with van der Waals surface area (Å²) in [7, 11) is 0. The van der Waals surface area contributed by atoms with Gasteiger partial charge in [-0.3, -0.25) is 0 Å². The highest BCUT2D eigenvalue weighted by molar-refractivity contribution is 5.66. The molecule has 0 saturated heterocycles. The number of hydroxylamine groups is 3. The summed E-state index contributed by atoms with van der Waals surface area (Å²) in [4.78, 5) is 30.0. The summed E-state index contributed by atoms with van der Waals surface area (Å²) < 4.78 is 4.84. The summed E-state index contributed by atoms with van der Waals surface area (Å²) >= 11 is 0.